The lowest BCUT2D eigenvalue weighted by Gasteiger charge is -2.16. The molecule has 1 heterocycles. The third-order valence-corrected chi connectivity index (χ3v) is 4.95. The van der Waals surface area contributed by atoms with Gasteiger partial charge in [0.05, 0.1) is 5.75 Å². The van der Waals surface area contributed by atoms with Crippen molar-refractivity contribution in [1.82, 2.24) is 14.8 Å². The number of carbonyl (C=O) groups is 1. The molecule has 0 radical (unpaired) electrons. The molecule has 0 unspecified atom stereocenters. The average molecular weight is 424 g/mol. The van der Waals surface area contributed by atoms with Crippen molar-refractivity contribution in [1.29, 1.82) is 0 Å². The lowest BCUT2D eigenvalue weighted by molar-refractivity contribution is -0.123. The van der Waals surface area contributed by atoms with Crippen LogP contribution in [0.1, 0.15) is 26.6 Å². The van der Waals surface area contributed by atoms with Crippen molar-refractivity contribution in [3.63, 3.8) is 0 Å². The maximum absolute atomic E-state index is 12.1. The Bertz CT molecular complexity index is 736. The smallest absolute Gasteiger partial charge is 0.192 e. The molecular weight excluding hydrogens is 402 g/mol. The van der Waals surface area contributed by atoms with Gasteiger partial charge >= 0.3 is 0 Å². The van der Waals surface area contributed by atoms with Crippen LogP contribution in [0.4, 0.5) is 0 Å². The molecule has 134 valence electrons. The highest BCUT2D eigenvalue weighted by Crippen LogP contribution is 2.23. The second-order valence-corrected chi connectivity index (χ2v) is 8.36. The van der Waals surface area contributed by atoms with Gasteiger partial charge in [-0.2, -0.15) is 0 Å². The van der Waals surface area contributed by atoms with Crippen molar-refractivity contribution in [2.75, 3.05) is 5.75 Å². The van der Waals surface area contributed by atoms with Gasteiger partial charge < -0.3 is 4.74 Å². The number of halogens is 1. The SMILES string of the molecule is C=CCn1c(COc2ccc(Br)cc2)nnc1SCC(=O)C(C)(C)C. The number of carbonyl (C=O) groups excluding carboxylic acids is 1. The third-order valence-electron chi connectivity index (χ3n) is 3.46. The van der Waals surface area contributed by atoms with E-state index in [-0.39, 0.29) is 11.2 Å². The number of ketones is 1. The molecule has 0 atom stereocenters. The fourth-order valence-corrected chi connectivity index (χ4v) is 3.26. The summed E-state index contributed by atoms with van der Waals surface area (Å²) >= 11 is 4.79. The molecule has 0 saturated carbocycles. The standard InChI is InChI=1S/C18H22BrN3O2S/c1-5-10-22-16(11-24-14-8-6-13(19)7-9-14)20-21-17(22)25-12-15(23)18(2,3)4/h5-9H,1,10-12H2,2-4H3. The summed E-state index contributed by atoms with van der Waals surface area (Å²) in [5.74, 6) is 2.01. The van der Waals surface area contributed by atoms with Gasteiger partial charge in [0.1, 0.15) is 18.1 Å². The van der Waals surface area contributed by atoms with Crippen LogP contribution in [-0.2, 0) is 17.9 Å². The van der Waals surface area contributed by atoms with E-state index in [2.05, 4.69) is 32.7 Å². The molecule has 5 nitrogen and oxygen atoms in total. The van der Waals surface area contributed by atoms with E-state index in [0.29, 0.717) is 29.9 Å². The molecule has 0 aliphatic heterocycles. The van der Waals surface area contributed by atoms with Gasteiger partial charge in [0.15, 0.2) is 11.0 Å². The Morgan fingerprint density at radius 3 is 2.60 bits per heavy atom. The minimum Gasteiger partial charge on any atom is -0.486 e. The number of allylic oxidation sites excluding steroid dienone is 1. The summed E-state index contributed by atoms with van der Waals surface area (Å²) < 4.78 is 8.69. The van der Waals surface area contributed by atoms with Crippen molar-refractivity contribution in [2.45, 2.75) is 39.1 Å². The lowest BCUT2D eigenvalue weighted by Crippen LogP contribution is -2.22. The van der Waals surface area contributed by atoms with E-state index in [9.17, 15) is 4.79 Å². The molecule has 0 aliphatic carbocycles. The van der Waals surface area contributed by atoms with E-state index < -0.39 is 0 Å². The largest absolute Gasteiger partial charge is 0.486 e. The monoisotopic (exact) mass is 423 g/mol. The Kier molecular flexibility index (Phi) is 6.84. The Labute approximate surface area is 161 Å². The van der Waals surface area contributed by atoms with E-state index >= 15 is 0 Å². The molecule has 0 spiro atoms. The van der Waals surface area contributed by atoms with Gasteiger partial charge in [-0.3, -0.25) is 9.36 Å². The topological polar surface area (TPSA) is 57.0 Å². The van der Waals surface area contributed by atoms with Gasteiger partial charge in [-0.25, -0.2) is 0 Å². The summed E-state index contributed by atoms with van der Waals surface area (Å²) in [5.41, 5.74) is -0.357. The third kappa shape index (κ3) is 5.71. The number of benzene rings is 1. The van der Waals surface area contributed by atoms with Crippen LogP contribution >= 0.6 is 27.7 Å². The molecular formula is C18H22BrN3O2S. The molecule has 1 aromatic heterocycles. The molecule has 7 heteroatoms. The molecule has 1 aromatic carbocycles. The molecule has 0 saturated heterocycles. The Balaban J connectivity index is 2.06. The first-order valence-corrected chi connectivity index (χ1v) is 9.66. The summed E-state index contributed by atoms with van der Waals surface area (Å²) in [6, 6.07) is 7.61. The molecule has 0 N–H and O–H groups in total. The average Bonchev–Trinajstić information content (AvgIpc) is 2.93. The normalized spacial score (nSPS) is 11.4. The van der Waals surface area contributed by atoms with Gasteiger partial charge in [0.2, 0.25) is 0 Å². The van der Waals surface area contributed by atoms with Gasteiger partial charge in [-0.15, -0.1) is 16.8 Å². The van der Waals surface area contributed by atoms with Crippen LogP contribution in [0.2, 0.25) is 0 Å². The first-order valence-electron chi connectivity index (χ1n) is 7.88. The maximum atomic E-state index is 12.1. The zero-order valence-electron chi connectivity index (χ0n) is 14.7. The summed E-state index contributed by atoms with van der Waals surface area (Å²) in [7, 11) is 0. The number of Topliss-reactive ketones (excluding diaryl/α,β-unsaturated/α-hetero) is 1. The molecule has 0 aliphatic rings. The van der Waals surface area contributed by atoms with E-state index in [4.69, 9.17) is 4.74 Å². The fourth-order valence-electron chi connectivity index (χ4n) is 1.87. The Morgan fingerprint density at radius 2 is 2.00 bits per heavy atom. The van der Waals surface area contributed by atoms with E-state index in [1.165, 1.54) is 11.8 Å². The molecule has 2 rings (SSSR count). The number of nitrogens with zero attached hydrogens (tertiary/aromatic N) is 3. The number of ether oxygens (including phenoxy) is 1. The van der Waals surface area contributed by atoms with Gasteiger partial charge in [0.25, 0.3) is 0 Å². The lowest BCUT2D eigenvalue weighted by atomic mass is 9.92. The van der Waals surface area contributed by atoms with Crippen LogP contribution in [0.25, 0.3) is 0 Å². The zero-order chi connectivity index (χ0) is 18.4. The van der Waals surface area contributed by atoms with Gasteiger partial charge in [0, 0.05) is 16.4 Å². The van der Waals surface area contributed by atoms with Crippen molar-refractivity contribution < 1.29 is 9.53 Å². The van der Waals surface area contributed by atoms with Crippen molar-refractivity contribution in [3.05, 3.63) is 47.2 Å². The highest BCUT2D eigenvalue weighted by atomic mass is 79.9. The Morgan fingerprint density at radius 1 is 1.32 bits per heavy atom. The number of rotatable bonds is 8. The summed E-state index contributed by atoms with van der Waals surface area (Å²) in [6.07, 6.45) is 1.78. The van der Waals surface area contributed by atoms with Gasteiger partial charge in [-0.05, 0) is 24.3 Å². The molecule has 2 aromatic rings. The number of aromatic nitrogens is 3. The molecule has 0 amide bonds. The van der Waals surface area contributed by atoms with Gasteiger partial charge in [-0.1, -0.05) is 54.5 Å². The zero-order valence-corrected chi connectivity index (χ0v) is 17.1. The number of hydrogen-bond donors (Lipinski definition) is 0. The number of thioether (sulfide) groups is 1. The minimum absolute atomic E-state index is 0.179. The van der Waals surface area contributed by atoms with Crippen LogP contribution in [0.15, 0.2) is 46.5 Å². The summed E-state index contributed by atoms with van der Waals surface area (Å²) in [6.45, 7) is 10.4. The summed E-state index contributed by atoms with van der Waals surface area (Å²) in [5, 5.41) is 9.11. The predicted molar refractivity (Wildman–Crippen MR) is 104 cm³/mol. The van der Waals surface area contributed by atoms with E-state index in [0.717, 1.165) is 10.2 Å². The first kappa shape index (κ1) is 19.7. The highest BCUT2D eigenvalue weighted by Gasteiger charge is 2.22. The van der Waals surface area contributed by atoms with Crippen LogP contribution in [0.5, 0.6) is 5.75 Å². The molecule has 25 heavy (non-hydrogen) atoms. The molecule has 0 fully saturated rings. The Hall–Kier alpha value is -1.60. The quantitative estimate of drug-likeness (QED) is 0.461. The predicted octanol–water partition coefficient (Wildman–Crippen LogP) is 4.51. The second-order valence-electron chi connectivity index (χ2n) is 6.50. The second kappa shape index (κ2) is 8.67. The van der Waals surface area contributed by atoms with Crippen LogP contribution < -0.4 is 4.74 Å². The van der Waals surface area contributed by atoms with Crippen LogP contribution in [0.3, 0.4) is 0 Å². The van der Waals surface area contributed by atoms with Crippen LogP contribution in [-0.4, -0.2) is 26.3 Å². The molecule has 0 bridgehead atoms. The van der Waals surface area contributed by atoms with Crippen molar-refractivity contribution in [3.8, 4) is 5.75 Å². The van der Waals surface area contributed by atoms with Crippen molar-refractivity contribution in [2.24, 2.45) is 5.41 Å². The van der Waals surface area contributed by atoms with Crippen LogP contribution in [0, 0.1) is 5.41 Å². The maximum Gasteiger partial charge on any atom is 0.192 e. The number of hydrogen-bond acceptors (Lipinski definition) is 5. The van der Waals surface area contributed by atoms with Crippen molar-refractivity contribution >= 4 is 33.5 Å². The fraction of sp³-hybridized carbons (Fsp3) is 0.389. The highest BCUT2D eigenvalue weighted by molar-refractivity contribution is 9.10. The minimum atomic E-state index is -0.357. The first-order chi connectivity index (χ1) is 11.8. The van der Waals surface area contributed by atoms with E-state index in [1.807, 2.05) is 49.6 Å². The van der Waals surface area contributed by atoms with E-state index in [1.54, 1.807) is 6.08 Å². The summed E-state index contributed by atoms with van der Waals surface area (Å²) in [4.78, 5) is 12.1.